The van der Waals surface area contributed by atoms with Crippen LogP contribution < -0.4 is 4.74 Å². The topological polar surface area (TPSA) is 26.3 Å². The molecule has 75 valence electrons. The van der Waals surface area contributed by atoms with Crippen molar-refractivity contribution in [3.63, 3.8) is 0 Å². The Morgan fingerprint density at radius 3 is 2.79 bits per heavy atom. The molecule has 0 unspecified atom stereocenters. The van der Waals surface area contributed by atoms with Gasteiger partial charge in [-0.1, -0.05) is 19.9 Å². The first kappa shape index (κ1) is 10.8. The average Bonchev–Trinajstić information content (AvgIpc) is 2.01. The predicted molar refractivity (Wildman–Crippen MR) is 55.1 cm³/mol. The van der Waals surface area contributed by atoms with Crippen molar-refractivity contribution < 1.29 is 9.53 Å². The van der Waals surface area contributed by atoms with Crippen LogP contribution in [0.15, 0.2) is 18.2 Å². The Bertz CT molecular complexity index is 316. The molecule has 0 heterocycles. The van der Waals surface area contributed by atoms with Gasteiger partial charge in [-0.25, -0.2) is 0 Å². The van der Waals surface area contributed by atoms with Crippen LogP contribution in [-0.4, -0.2) is 5.97 Å². The normalized spacial score (nSPS) is 10.3. The largest absolute Gasteiger partial charge is 0.427 e. The zero-order chi connectivity index (χ0) is 10.6. The van der Waals surface area contributed by atoms with Crippen LogP contribution in [0.1, 0.15) is 26.3 Å². The minimum Gasteiger partial charge on any atom is -0.427 e. The molecule has 1 aromatic carbocycles. The molecule has 2 heteroatoms. The molecule has 1 radical (unpaired) electrons. The van der Waals surface area contributed by atoms with Crippen molar-refractivity contribution in [2.75, 3.05) is 0 Å². The predicted octanol–water partition coefficient (Wildman–Crippen LogP) is 2.61. The van der Waals surface area contributed by atoms with E-state index in [-0.39, 0.29) is 5.97 Å². The molecule has 14 heavy (non-hydrogen) atoms. The summed E-state index contributed by atoms with van der Waals surface area (Å²) in [5.74, 6) is 0.881. The minimum atomic E-state index is -0.292. The number of benzene rings is 1. The maximum atomic E-state index is 10.7. The number of hydrogen-bond donors (Lipinski definition) is 0. The SMILES string of the molecule is CC(=O)Oc1c[c]cc(CC(C)C)c1. The van der Waals surface area contributed by atoms with Crippen molar-refractivity contribution in [3.05, 3.63) is 29.8 Å². The lowest BCUT2D eigenvalue weighted by atomic mass is 10.0. The Kier molecular flexibility index (Phi) is 3.69. The van der Waals surface area contributed by atoms with Crippen molar-refractivity contribution in [1.29, 1.82) is 0 Å². The maximum Gasteiger partial charge on any atom is 0.308 e. The van der Waals surface area contributed by atoms with Crippen LogP contribution in [0.5, 0.6) is 5.75 Å². The summed E-state index contributed by atoms with van der Waals surface area (Å²) >= 11 is 0. The average molecular weight is 191 g/mol. The van der Waals surface area contributed by atoms with Crippen molar-refractivity contribution in [1.82, 2.24) is 0 Å². The van der Waals surface area contributed by atoms with Crippen molar-refractivity contribution in [3.8, 4) is 5.75 Å². The molecule has 0 aliphatic heterocycles. The summed E-state index contributed by atoms with van der Waals surface area (Å²) in [6.45, 7) is 5.70. The Labute approximate surface area is 84.9 Å². The van der Waals surface area contributed by atoms with Crippen molar-refractivity contribution >= 4 is 5.97 Å². The molecular formula is C12H15O2. The molecule has 1 rings (SSSR count). The van der Waals surface area contributed by atoms with Crippen molar-refractivity contribution in [2.45, 2.75) is 27.2 Å². The Hall–Kier alpha value is -1.31. The van der Waals surface area contributed by atoms with E-state index in [4.69, 9.17) is 4.74 Å². The van der Waals surface area contributed by atoms with Crippen LogP contribution in [0.3, 0.4) is 0 Å². The summed E-state index contributed by atoms with van der Waals surface area (Å²) in [6.07, 6.45) is 0.978. The van der Waals surface area contributed by atoms with E-state index in [1.807, 2.05) is 12.1 Å². The van der Waals surface area contributed by atoms with Gasteiger partial charge < -0.3 is 4.74 Å². The van der Waals surface area contributed by atoms with Crippen molar-refractivity contribution in [2.24, 2.45) is 5.92 Å². The van der Waals surface area contributed by atoms with Gasteiger partial charge in [-0.05, 0) is 36.1 Å². The van der Waals surface area contributed by atoms with Gasteiger partial charge in [0.05, 0.1) is 0 Å². The lowest BCUT2D eigenvalue weighted by Gasteiger charge is -2.06. The summed E-state index contributed by atoms with van der Waals surface area (Å²) in [4.78, 5) is 10.7. The van der Waals surface area contributed by atoms with E-state index in [2.05, 4.69) is 19.9 Å². The van der Waals surface area contributed by atoms with Gasteiger partial charge in [0.25, 0.3) is 0 Å². The van der Waals surface area contributed by atoms with Gasteiger partial charge in [-0.2, -0.15) is 0 Å². The van der Waals surface area contributed by atoms with Gasteiger partial charge in [0, 0.05) is 6.92 Å². The fourth-order valence-corrected chi connectivity index (χ4v) is 1.31. The number of carbonyl (C=O) groups excluding carboxylic acids is 1. The van der Waals surface area contributed by atoms with Gasteiger partial charge >= 0.3 is 5.97 Å². The Morgan fingerprint density at radius 2 is 2.21 bits per heavy atom. The van der Waals surface area contributed by atoms with E-state index in [9.17, 15) is 4.79 Å². The van der Waals surface area contributed by atoms with Crippen LogP contribution in [-0.2, 0) is 11.2 Å². The molecule has 0 aromatic heterocycles. The van der Waals surface area contributed by atoms with Crippen LogP contribution in [0.25, 0.3) is 0 Å². The standard InChI is InChI=1S/C12H15O2/c1-9(2)7-11-5-4-6-12(8-11)14-10(3)13/h5-6,8-9H,7H2,1-3H3. The van der Waals surface area contributed by atoms with Gasteiger partial charge in [0.2, 0.25) is 0 Å². The van der Waals surface area contributed by atoms with Crippen LogP contribution in [0.4, 0.5) is 0 Å². The molecule has 0 amide bonds. The molecule has 0 saturated heterocycles. The molecule has 0 fully saturated rings. The summed E-state index contributed by atoms with van der Waals surface area (Å²) < 4.78 is 4.97. The summed E-state index contributed by atoms with van der Waals surface area (Å²) in [5, 5.41) is 0. The quantitative estimate of drug-likeness (QED) is 0.542. The van der Waals surface area contributed by atoms with E-state index < -0.39 is 0 Å². The Balaban J connectivity index is 2.73. The third-order valence-corrected chi connectivity index (χ3v) is 1.73. The smallest absolute Gasteiger partial charge is 0.308 e. The highest BCUT2D eigenvalue weighted by atomic mass is 16.5. The summed E-state index contributed by atoms with van der Waals surface area (Å²) in [6, 6.07) is 8.45. The maximum absolute atomic E-state index is 10.7. The zero-order valence-electron chi connectivity index (χ0n) is 8.83. The highest BCUT2D eigenvalue weighted by molar-refractivity contribution is 5.69. The Morgan fingerprint density at radius 1 is 1.50 bits per heavy atom. The minimum absolute atomic E-state index is 0.292. The van der Waals surface area contributed by atoms with E-state index in [1.54, 1.807) is 6.07 Å². The second-order valence-corrected chi connectivity index (χ2v) is 3.77. The second-order valence-electron chi connectivity index (χ2n) is 3.77. The van der Waals surface area contributed by atoms with E-state index in [0.29, 0.717) is 11.7 Å². The van der Waals surface area contributed by atoms with Gasteiger partial charge in [0.15, 0.2) is 0 Å². The molecule has 0 saturated carbocycles. The first-order chi connectivity index (χ1) is 6.58. The molecular weight excluding hydrogens is 176 g/mol. The second kappa shape index (κ2) is 4.80. The molecule has 0 atom stereocenters. The lowest BCUT2D eigenvalue weighted by Crippen LogP contribution is -2.02. The fourth-order valence-electron chi connectivity index (χ4n) is 1.31. The number of ether oxygens (including phenoxy) is 1. The van der Waals surface area contributed by atoms with Crippen LogP contribution in [0, 0.1) is 12.0 Å². The van der Waals surface area contributed by atoms with Gasteiger partial charge in [0.1, 0.15) is 5.75 Å². The monoisotopic (exact) mass is 191 g/mol. The molecule has 1 aromatic rings. The van der Waals surface area contributed by atoms with E-state index >= 15 is 0 Å². The summed E-state index contributed by atoms with van der Waals surface area (Å²) in [5.41, 5.74) is 1.15. The number of hydrogen-bond acceptors (Lipinski definition) is 2. The number of rotatable bonds is 3. The third kappa shape index (κ3) is 3.60. The molecule has 0 bridgehead atoms. The van der Waals surface area contributed by atoms with Gasteiger partial charge in [-0.3, -0.25) is 4.79 Å². The fraction of sp³-hybridized carbons (Fsp3) is 0.417. The molecule has 2 nitrogen and oxygen atoms in total. The highest BCUT2D eigenvalue weighted by Gasteiger charge is 2.01. The molecule has 0 aliphatic carbocycles. The van der Waals surface area contributed by atoms with Gasteiger partial charge in [-0.15, -0.1) is 0 Å². The molecule has 0 N–H and O–H groups in total. The van der Waals surface area contributed by atoms with Crippen LogP contribution in [0.2, 0.25) is 0 Å². The molecule has 0 aliphatic rings. The number of carbonyl (C=O) groups is 1. The molecule has 0 spiro atoms. The number of esters is 1. The summed E-state index contributed by atoms with van der Waals surface area (Å²) in [7, 11) is 0. The van der Waals surface area contributed by atoms with E-state index in [0.717, 1.165) is 12.0 Å². The first-order valence-electron chi connectivity index (χ1n) is 4.76. The van der Waals surface area contributed by atoms with Crippen LogP contribution >= 0.6 is 0 Å². The third-order valence-electron chi connectivity index (χ3n) is 1.73. The van der Waals surface area contributed by atoms with E-state index in [1.165, 1.54) is 6.92 Å². The lowest BCUT2D eigenvalue weighted by molar-refractivity contribution is -0.131. The highest BCUT2D eigenvalue weighted by Crippen LogP contribution is 2.15. The first-order valence-corrected chi connectivity index (χ1v) is 4.76. The zero-order valence-corrected chi connectivity index (χ0v) is 8.83.